The van der Waals surface area contributed by atoms with Gasteiger partial charge in [0, 0.05) is 17.0 Å². The minimum absolute atomic E-state index is 0.0118. The Morgan fingerprint density at radius 3 is 2.67 bits per heavy atom. The molecule has 5 heteroatoms. The minimum atomic E-state index is -0.507. The summed E-state index contributed by atoms with van der Waals surface area (Å²) in [4.78, 5) is 23.5. The Balaban J connectivity index is 1.67. The predicted molar refractivity (Wildman–Crippen MR) is 89.0 cm³/mol. The molecule has 0 aliphatic heterocycles. The first kappa shape index (κ1) is 15.8. The number of hydrogen-bond donors (Lipinski definition) is 0. The normalized spacial score (nSPS) is 10.5. The number of carbonyl (C=O) groups is 1. The van der Waals surface area contributed by atoms with Gasteiger partial charge in [-0.25, -0.2) is 9.59 Å². The zero-order chi connectivity index (χ0) is 16.9. The molecule has 0 fully saturated rings. The maximum absolute atomic E-state index is 11.8. The lowest BCUT2D eigenvalue weighted by Crippen LogP contribution is -2.15. The van der Waals surface area contributed by atoms with E-state index in [0.29, 0.717) is 16.9 Å². The fraction of sp³-hybridized carbons (Fsp3) is 0.158. The van der Waals surface area contributed by atoms with Crippen molar-refractivity contribution in [3.63, 3.8) is 0 Å². The Morgan fingerprint density at radius 1 is 1.08 bits per heavy atom. The molecular weight excluding hydrogens is 308 g/mol. The van der Waals surface area contributed by atoms with Crippen molar-refractivity contribution >= 4 is 16.9 Å². The van der Waals surface area contributed by atoms with Gasteiger partial charge in [0.15, 0.2) is 6.61 Å². The SMILES string of the molecule is Cc1ccc2c(COC(=O)COc3ccccc3)cc(=O)oc2c1. The molecule has 2 aromatic carbocycles. The summed E-state index contributed by atoms with van der Waals surface area (Å²) in [6.45, 7) is 1.71. The average Bonchev–Trinajstić information content (AvgIpc) is 2.58. The van der Waals surface area contributed by atoms with Crippen LogP contribution < -0.4 is 10.4 Å². The van der Waals surface area contributed by atoms with Crippen molar-refractivity contribution < 1.29 is 18.7 Å². The van der Waals surface area contributed by atoms with Gasteiger partial charge in [0.1, 0.15) is 17.9 Å². The Hall–Kier alpha value is -3.08. The van der Waals surface area contributed by atoms with E-state index in [1.165, 1.54) is 6.07 Å². The van der Waals surface area contributed by atoms with Crippen LogP contribution in [0, 0.1) is 6.92 Å². The van der Waals surface area contributed by atoms with Crippen LogP contribution in [0.15, 0.2) is 63.8 Å². The van der Waals surface area contributed by atoms with E-state index in [4.69, 9.17) is 13.9 Å². The summed E-state index contributed by atoms with van der Waals surface area (Å²) in [5.74, 6) is 0.0862. The molecule has 0 aliphatic carbocycles. The maximum Gasteiger partial charge on any atom is 0.344 e. The smallest absolute Gasteiger partial charge is 0.344 e. The highest BCUT2D eigenvalue weighted by atomic mass is 16.6. The molecule has 0 atom stereocenters. The molecular formula is C19H16O5. The molecule has 0 bridgehead atoms. The molecule has 0 aliphatic rings. The van der Waals surface area contributed by atoms with E-state index in [1.54, 1.807) is 18.2 Å². The van der Waals surface area contributed by atoms with Gasteiger partial charge < -0.3 is 13.9 Å². The quantitative estimate of drug-likeness (QED) is 0.532. The van der Waals surface area contributed by atoms with Crippen molar-refractivity contribution in [3.8, 4) is 5.75 Å². The van der Waals surface area contributed by atoms with Crippen molar-refractivity contribution in [2.24, 2.45) is 0 Å². The van der Waals surface area contributed by atoms with E-state index in [2.05, 4.69) is 0 Å². The van der Waals surface area contributed by atoms with E-state index in [9.17, 15) is 9.59 Å². The van der Waals surface area contributed by atoms with E-state index in [-0.39, 0.29) is 13.2 Å². The number of rotatable bonds is 5. The standard InChI is InChI=1S/C19H16O5/c1-13-7-8-16-14(10-18(20)24-17(16)9-13)11-23-19(21)12-22-15-5-3-2-4-6-15/h2-10H,11-12H2,1H3. The van der Waals surface area contributed by atoms with Gasteiger partial charge in [-0.1, -0.05) is 30.3 Å². The van der Waals surface area contributed by atoms with Crippen LogP contribution in [-0.2, 0) is 16.1 Å². The van der Waals surface area contributed by atoms with E-state index < -0.39 is 11.6 Å². The Labute approximate surface area is 138 Å². The van der Waals surface area contributed by atoms with E-state index >= 15 is 0 Å². The van der Waals surface area contributed by atoms with Crippen LogP contribution in [0.25, 0.3) is 11.0 Å². The Kier molecular flexibility index (Phi) is 4.61. The molecule has 24 heavy (non-hydrogen) atoms. The van der Waals surface area contributed by atoms with Gasteiger partial charge in [-0.05, 0) is 30.7 Å². The molecule has 122 valence electrons. The third-order valence-electron chi connectivity index (χ3n) is 3.47. The van der Waals surface area contributed by atoms with E-state index in [0.717, 1.165) is 10.9 Å². The molecule has 1 aromatic heterocycles. The second-order valence-electron chi connectivity index (χ2n) is 5.35. The minimum Gasteiger partial charge on any atom is -0.482 e. The third-order valence-corrected chi connectivity index (χ3v) is 3.47. The number of esters is 1. The van der Waals surface area contributed by atoms with Crippen LogP contribution in [0.1, 0.15) is 11.1 Å². The number of para-hydroxylation sites is 1. The number of aryl methyl sites for hydroxylation is 1. The molecule has 0 spiro atoms. The molecule has 0 radical (unpaired) electrons. The second-order valence-corrected chi connectivity index (χ2v) is 5.35. The zero-order valence-electron chi connectivity index (χ0n) is 13.2. The number of carbonyl (C=O) groups excluding carboxylic acids is 1. The molecule has 0 saturated carbocycles. The van der Waals surface area contributed by atoms with Crippen LogP contribution in [-0.4, -0.2) is 12.6 Å². The first-order chi connectivity index (χ1) is 11.6. The van der Waals surface area contributed by atoms with Gasteiger partial charge in [-0.2, -0.15) is 0 Å². The van der Waals surface area contributed by atoms with Crippen LogP contribution in [0.2, 0.25) is 0 Å². The van der Waals surface area contributed by atoms with Crippen molar-refractivity contribution in [1.29, 1.82) is 0 Å². The molecule has 0 saturated heterocycles. The molecule has 0 amide bonds. The van der Waals surface area contributed by atoms with E-state index in [1.807, 2.05) is 37.3 Å². The number of hydrogen-bond acceptors (Lipinski definition) is 5. The van der Waals surface area contributed by atoms with Crippen LogP contribution in [0.5, 0.6) is 5.75 Å². The predicted octanol–water partition coefficient (Wildman–Crippen LogP) is 3.22. The zero-order valence-corrected chi connectivity index (χ0v) is 13.2. The molecule has 0 unspecified atom stereocenters. The highest BCUT2D eigenvalue weighted by Crippen LogP contribution is 2.19. The average molecular weight is 324 g/mol. The van der Waals surface area contributed by atoms with Crippen LogP contribution >= 0.6 is 0 Å². The fourth-order valence-corrected chi connectivity index (χ4v) is 2.32. The largest absolute Gasteiger partial charge is 0.482 e. The molecule has 0 N–H and O–H groups in total. The summed E-state index contributed by atoms with van der Waals surface area (Å²) in [7, 11) is 0. The van der Waals surface area contributed by atoms with Gasteiger partial charge in [0.25, 0.3) is 0 Å². The van der Waals surface area contributed by atoms with Gasteiger partial charge in [0.2, 0.25) is 0 Å². The van der Waals surface area contributed by atoms with Gasteiger partial charge in [0.05, 0.1) is 0 Å². The molecule has 3 aromatic rings. The lowest BCUT2D eigenvalue weighted by molar-refractivity contribution is -0.147. The maximum atomic E-state index is 11.8. The third kappa shape index (κ3) is 3.81. The molecule has 5 nitrogen and oxygen atoms in total. The summed E-state index contributed by atoms with van der Waals surface area (Å²) < 4.78 is 15.7. The second kappa shape index (κ2) is 7.00. The summed E-state index contributed by atoms with van der Waals surface area (Å²) in [6.07, 6.45) is 0. The first-order valence-electron chi connectivity index (χ1n) is 7.49. The monoisotopic (exact) mass is 324 g/mol. The topological polar surface area (TPSA) is 65.7 Å². The van der Waals surface area contributed by atoms with Gasteiger partial charge >= 0.3 is 11.6 Å². The van der Waals surface area contributed by atoms with Crippen molar-refractivity contribution in [3.05, 3.63) is 76.1 Å². The lowest BCUT2D eigenvalue weighted by Gasteiger charge is -2.08. The van der Waals surface area contributed by atoms with Crippen molar-refractivity contribution in [1.82, 2.24) is 0 Å². The number of ether oxygens (including phenoxy) is 2. The van der Waals surface area contributed by atoms with Crippen molar-refractivity contribution in [2.75, 3.05) is 6.61 Å². The highest BCUT2D eigenvalue weighted by molar-refractivity contribution is 5.81. The number of fused-ring (bicyclic) bond motifs is 1. The Morgan fingerprint density at radius 2 is 1.88 bits per heavy atom. The molecule has 3 rings (SSSR count). The van der Waals surface area contributed by atoms with Crippen molar-refractivity contribution in [2.45, 2.75) is 13.5 Å². The summed E-state index contributed by atoms with van der Waals surface area (Å²) >= 11 is 0. The summed E-state index contributed by atoms with van der Waals surface area (Å²) in [6, 6.07) is 15.9. The lowest BCUT2D eigenvalue weighted by atomic mass is 10.1. The summed E-state index contributed by atoms with van der Waals surface area (Å²) in [5, 5.41) is 0.747. The van der Waals surface area contributed by atoms with Crippen LogP contribution in [0.4, 0.5) is 0 Å². The Bertz CT molecular complexity index is 912. The number of benzene rings is 2. The summed E-state index contributed by atoms with van der Waals surface area (Å²) in [5.41, 5.74) is 1.60. The van der Waals surface area contributed by atoms with Gasteiger partial charge in [-0.3, -0.25) is 0 Å². The highest BCUT2D eigenvalue weighted by Gasteiger charge is 2.09. The van der Waals surface area contributed by atoms with Crippen LogP contribution in [0.3, 0.4) is 0 Å². The molecule has 1 heterocycles. The fourth-order valence-electron chi connectivity index (χ4n) is 2.32. The van der Waals surface area contributed by atoms with Gasteiger partial charge in [-0.15, -0.1) is 0 Å². The first-order valence-corrected chi connectivity index (χ1v) is 7.49.